The fraction of sp³-hybridized carbons (Fsp3) is 0.0400. The number of benzene rings is 7. The van der Waals surface area contributed by atoms with E-state index in [2.05, 4.69) is 6.07 Å². The molecule has 0 spiro atoms. The normalized spacial score (nSPS) is 12.2. The number of nitriles is 1. The highest BCUT2D eigenvalue weighted by Crippen LogP contribution is 2.44. The predicted octanol–water partition coefficient (Wildman–Crippen LogP) is 14.2. The topological polar surface area (TPSA) is 46.5 Å². The van der Waals surface area contributed by atoms with Crippen LogP contribution < -0.4 is 0 Å². The maximum atomic E-state index is 14.4. The second kappa shape index (κ2) is 13.7. The number of alkyl halides is 6. The third-order valence-corrected chi connectivity index (χ3v) is 11.1. The lowest BCUT2D eigenvalue weighted by molar-refractivity contribution is -0.138. The summed E-state index contributed by atoms with van der Waals surface area (Å²) >= 11 is 0. The number of fused-ring (bicyclic) bond motifs is 6. The minimum atomic E-state index is -4.67. The van der Waals surface area contributed by atoms with Crippen molar-refractivity contribution in [2.45, 2.75) is 12.4 Å². The van der Waals surface area contributed by atoms with Gasteiger partial charge in [-0.3, -0.25) is 4.98 Å². The van der Waals surface area contributed by atoms with Crippen molar-refractivity contribution >= 4 is 43.6 Å². The standard InChI is InChI=1S/C50H28F6N4/c51-49(52,53)32-20-22-38-36-14-6-8-18-42(36)59(46(38)27-32)44-25-31(35-17-10-24-58-48(35)40-16-5-4-13-34(40)30-11-2-1-3-12-30)26-45(41(44)29-57)60-43-19-9-7-15-37(43)39-23-21-33(28-47(39)60)50(54,55)56/h1-28H. The molecule has 60 heavy (non-hydrogen) atoms. The molecule has 0 aliphatic carbocycles. The number of aromatic nitrogens is 3. The van der Waals surface area contributed by atoms with Crippen LogP contribution in [0.25, 0.3) is 88.5 Å². The molecule has 0 saturated carbocycles. The van der Waals surface area contributed by atoms with E-state index in [1.54, 1.807) is 69.9 Å². The average molecular weight is 799 g/mol. The molecule has 10 aromatic rings. The molecule has 3 aromatic heterocycles. The summed E-state index contributed by atoms with van der Waals surface area (Å²) in [6, 6.07) is 48.5. The molecule has 0 N–H and O–H groups in total. The Balaban J connectivity index is 1.37. The Labute approximate surface area is 338 Å². The Morgan fingerprint density at radius 2 is 0.900 bits per heavy atom. The molecule has 0 aliphatic heterocycles. The fourth-order valence-corrected chi connectivity index (χ4v) is 8.46. The van der Waals surface area contributed by atoms with Crippen LogP contribution in [0.4, 0.5) is 26.3 Å². The van der Waals surface area contributed by atoms with Gasteiger partial charge in [0.1, 0.15) is 11.6 Å². The third kappa shape index (κ3) is 5.89. The van der Waals surface area contributed by atoms with Gasteiger partial charge in [0.15, 0.2) is 0 Å². The van der Waals surface area contributed by atoms with Gasteiger partial charge in [0.2, 0.25) is 0 Å². The summed E-state index contributed by atoms with van der Waals surface area (Å²) in [5.41, 5.74) is 4.62. The first-order valence-electron chi connectivity index (χ1n) is 18.9. The van der Waals surface area contributed by atoms with Gasteiger partial charge in [-0.15, -0.1) is 0 Å². The summed E-state index contributed by atoms with van der Waals surface area (Å²) in [4.78, 5) is 4.89. The molecule has 0 amide bonds. The van der Waals surface area contributed by atoms with Gasteiger partial charge in [0.25, 0.3) is 0 Å². The second-order valence-electron chi connectivity index (χ2n) is 14.5. The van der Waals surface area contributed by atoms with Gasteiger partial charge in [0.05, 0.1) is 50.3 Å². The Bertz CT molecular complexity index is 3220. The van der Waals surface area contributed by atoms with Crippen LogP contribution in [0.15, 0.2) is 170 Å². The molecule has 0 unspecified atom stereocenters. The van der Waals surface area contributed by atoms with E-state index in [1.807, 2.05) is 72.8 Å². The third-order valence-electron chi connectivity index (χ3n) is 11.1. The molecular formula is C50H28F6N4. The smallest absolute Gasteiger partial charge is 0.308 e. The van der Waals surface area contributed by atoms with Crippen molar-refractivity contribution in [3.05, 3.63) is 187 Å². The van der Waals surface area contributed by atoms with Crippen LogP contribution in [-0.2, 0) is 12.4 Å². The summed E-state index contributed by atoms with van der Waals surface area (Å²) < 4.78 is 89.7. The van der Waals surface area contributed by atoms with Crippen molar-refractivity contribution in [1.82, 2.24) is 14.1 Å². The first kappa shape index (κ1) is 36.7. The zero-order chi connectivity index (χ0) is 41.3. The number of hydrogen-bond donors (Lipinski definition) is 0. The van der Waals surface area contributed by atoms with Crippen LogP contribution >= 0.6 is 0 Å². The first-order chi connectivity index (χ1) is 29.0. The average Bonchev–Trinajstić information content (AvgIpc) is 3.78. The molecule has 0 fully saturated rings. The Morgan fingerprint density at radius 1 is 0.433 bits per heavy atom. The molecule has 290 valence electrons. The molecule has 10 rings (SSSR count). The van der Waals surface area contributed by atoms with E-state index >= 15 is 0 Å². The number of hydrogen-bond acceptors (Lipinski definition) is 2. The van der Waals surface area contributed by atoms with E-state index in [4.69, 9.17) is 4.98 Å². The lowest BCUT2D eigenvalue weighted by atomic mass is 9.92. The number of para-hydroxylation sites is 2. The summed E-state index contributed by atoms with van der Waals surface area (Å²) in [5, 5.41) is 13.6. The van der Waals surface area contributed by atoms with Crippen molar-refractivity contribution in [2.24, 2.45) is 0 Å². The van der Waals surface area contributed by atoms with Gasteiger partial charge in [-0.2, -0.15) is 31.6 Å². The first-order valence-corrected chi connectivity index (χ1v) is 18.9. The maximum Gasteiger partial charge on any atom is 0.416 e. The van der Waals surface area contributed by atoms with Crippen LogP contribution in [-0.4, -0.2) is 14.1 Å². The van der Waals surface area contributed by atoms with Crippen LogP contribution in [0.3, 0.4) is 0 Å². The predicted molar refractivity (Wildman–Crippen MR) is 224 cm³/mol. The van der Waals surface area contributed by atoms with Crippen LogP contribution in [0.5, 0.6) is 0 Å². The number of nitrogens with zero attached hydrogens (tertiary/aromatic N) is 4. The lowest BCUT2D eigenvalue weighted by Gasteiger charge is -2.20. The van der Waals surface area contributed by atoms with Crippen LogP contribution in [0.2, 0.25) is 0 Å². The molecule has 10 heteroatoms. The minimum absolute atomic E-state index is 0.0361. The van der Waals surface area contributed by atoms with Gasteiger partial charge < -0.3 is 9.13 Å². The van der Waals surface area contributed by atoms with E-state index < -0.39 is 23.5 Å². The van der Waals surface area contributed by atoms with Crippen molar-refractivity contribution < 1.29 is 26.3 Å². The molecular weight excluding hydrogens is 771 g/mol. The number of halogens is 6. The van der Waals surface area contributed by atoms with E-state index in [0.717, 1.165) is 41.0 Å². The summed E-state index contributed by atoms with van der Waals surface area (Å²) in [6.45, 7) is 0. The Morgan fingerprint density at radius 3 is 1.43 bits per heavy atom. The van der Waals surface area contributed by atoms with E-state index in [-0.39, 0.29) is 28.0 Å². The minimum Gasteiger partial charge on any atom is -0.308 e. The molecule has 0 aliphatic rings. The van der Waals surface area contributed by atoms with Gasteiger partial charge >= 0.3 is 12.4 Å². The van der Waals surface area contributed by atoms with Crippen LogP contribution in [0, 0.1) is 11.3 Å². The molecule has 0 atom stereocenters. The van der Waals surface area contributed by atoms with Gasteiger partial charge in [-0.05, 0) is 71.3 Å². The Hall–Kier alpha value is -7.64. The highest BCUT2D eigenvalue weighted by atomic mass is 19.4. The largest absolute Gasteiger partial charge is 0.416 e. The Kier molecular flexibility index (Phi) is 8.40. The molecule has 0 saturated heterocycles. The van der Waals surface area contributed by atoms with Crippen LogP contribution in [0.1, 0.15) is 16.7 Å². The molecule has 7 aromatic carbocycles. The zero-order valence-corrected chi connectivity index (χ0v) is 31.2. The SMILES string of the molecule is N#Cc1c(-n2c3ccccc3c3ccc(C(F)(F)F)cc32)cc(-c2cccnc2-c2ccccc2-c2ccccc2)cc1-n1c2ccccc2c2ccc(C(F)(F)F)cc21. The quantitative estimate of drug-likeness (QED) is 0.163. The summed E-state index contributed by atoms with van der Waals surface area (Å²) in [6.07, 6.45) is -7.67. The maximum absolute atomic E-state index is 14.4. The zero-order valence-electron chi connectivity index (χ0n) is 31.2. The van der Waals surface area contributed by atoms with Crippen molar-refractivity contribution in [1.29, 1.82) is 5.26 Å². The molecule has 0 radical (unpaired) electrons. The van der Waals surface area contributed by atoms with E-state index in [0.29, 0.717) is 49.4 Å². The van der Waals surface area contributed by atoms with Gasteiger partial charge in [-0.1, -0.05) is 109 Å². The van der Waals surface area contributed by atoms with Gasteiger partial charge in [0, 0.05) is 38.9 Å². The lowest BCUT2D eigenvalue weighted by Crippen LogP contribution is -2.08. The van der Waals surface area contributed by atoms with Crippen molar-refractivity contribution in [3.8, 4) is 51.0 Å². The monoisotopic (exact) mass is 798 g/mol. The molecule has 0 bridgehead atoms. The number of rotatable bonds is 5. The summed E-state index contributed by atoms with van der Waals surface area (Å²) in [5.74, 6) is 0. The second-order valence-corrected chi connectivity index (χ2v) is 14.5. The van der Waals surface area contributed by atoms with E-state index in [1.165, 1.54) is 12.1 Å². The van der Waals surface area contributed by atoms with Crippen molar-refractivity contribution in [3.63, 3.8) is 0 Å². The fourth-order valence-electron chi connectivity index (χ4n) is 8.46. The molecule has 4 nitrogen and oxygen atoms in total. The highest BCUT2D eigenvalue weighted by Gasteiger charge is 2.33. The summed E-state index contributed by atoms with van der Waals surface area (Å²) in [7, 11) is 0. The number of pyridine rings is 1. The van der Waals surface area contributed by atoms with Crippen molar-refractivity contribution in [2.75, 3.05) is 0 Å². The highest BCUT2D eigenvalue weighted by molar-refractivity contribution is 6.11. The van der Waals surface area contributed by atoms with Gasteiger partial charge in [-0.25, -0.2) is 0 Å². The van der Waals surface area contributed by atoms with E-state index in [9.17, 15) is 31.6 Å². The molecule has 3 heterocycles.